The minimum absolute atomic E-state index is 0. The van der Waals surface area contributed by atoms with Crippen LogP contribution in [0.3, 0.4) is 0 Å². The second-order valence-corrected chi connectivity index (χ2v) is 3.55. The van der Waals surface area contributed by atoms with Gasteiger partial charge in [-0.3, -0.25) is 10.9 Å². The molecule has 11 heavy (non-hydrogen) atoms. The molecular formula is C8H21ClN2. The van der Waals surface area contributed by atoms with Gasteiger partial charge in [0.1, 0.15) is 0 Å². The molecule has 0 radical (unpaired) electrons. The average Bonchev–Trinajstić information content (AvgIpc) is 1.79. The van der Waals surface area contributed by atoms with Gasteiger partial charge in [0.2, 0.25) is 0 Å². The maximum absolute atomic E-state index is 3.17. The van der Waals surface area contributed by atoms with Crippen LogP contribution < -0.4 is 10.9 Å². The summed E-state index contributed by atoms with van der Waals surface area (Å²) in [7, 11) is 0. The fourth-order valence-corrected chi connectivity index (χ4v) is 0.553. The molecule has 0 aromatic heterocycles. The van der Waals surface area contributed by atoms with Crippen LogP contribution in [-0.2, 0) is 0 Å². The quantitative estimate of drug-likeness (QED) is 0.498. The molecule has 0 saturated heterocycles. The molecular weight excluding hydrogens is 160 g/mol. The second-order valence-electron chi connectivity index (χ2n) is 3.55. The van der Waals surface area contributed by atoms with E-state index in [4.69, 9.17) is 0 Å². The van der Waals surface area contributed by atoms with Crippen molar-refractivity contribution in [3.8, 4) is 0 Å². The molecule has 3 heteroatoms. The van der Waals surface area contributed by atoms with Crippen LogP contribution in [0.1, 0.15) is 27.7 Å². The summed E-state index contributed by atoms with van der Waals surface area (Å²) in [6.45, 7) is 10.9. The van der Waals surface area contributed by atoms with E-state index in [-0.39, 0.29) is 12.4 Å². The predicted octanol–water partition coefficient (Wildman–Crippen LogP) is 1.81. The molecule has 0 rings (SSSR count). The molecule has 0 bridgehead atoms. The van der Waals surface area contributed by atoms with E-state index in [0.717, 1.165) is 24.9 Å². The van der Waals surface area contributed by atoms with Gasteiger partial charge in [0.25, 0.3) is 0 Å². The molecule has 2 N–H and O–H groups in total. The molecule has 0 fully saturated rings. The highest BCUT2D eigenvalue weighted by Gasteiger charge is 1.93. The van der Waals surface area contributed by atoms with Crippen LogP contribution in [0.25, 0.3) is 0 Å². The van der Waals surface area contributed by atoms with Crippen molar-refractivity contribution in [1.29, 1.82) is 0 Å². The van der Waals surface area contributed by atoms with Crippen molar-refractivity contribution in [2.75, 3.05) is 13.1 Å². The lowest BCUT2D eigenvalue weighted by Crippen LogP contribution is -2.36. The lowest BCUT2D eigenvalue weighted by atomic mass is 10.2. The fourth-order valence-electron chi connectivity index (χ4n) is 0.553. The maximum Gasteiger partial charge on any atom is 0.0123 e. The Morgan fingerprint density at radius 3 is 1.27 bits per heavy atom. The first kappa shape index (κ1) is 13.8. The molecule has 2 nitrogen and oxygen atoms in total. The molecule has 0 aromatic rings. The Labute approximate surface area is 76.5 Å². The van der Waals surface area contributed by atoms with Gasteiger partial charge in [-0.25, -0.2) is 0 Å². The normalized spacial score (nSPS) is 10.4. The summed E-state index contributed by atoms with van der Waals surface area (Å²) in [5, 5.41) is 0. The number of hydrogen-bond donors (Lipinski definition) is 2. The summed E-state index contributed by atoms with van der Waals surface area (Å²) in [6.07, 6.45) is 0. The zero-order chi connectivity index (χ0) is 7.98. The third-order valence-corrected chi connectivity index (χ3v) is 1.15. The highest BCUT2D eigenvalue weighted by Crippen LogP contribution is 1.87. The zero-order valence-corrected chi connectivity index (χ0v) is 8.79. The van der Waals surface area contributed by atoms with Gasteiger partial charge >= 0.3 is 0 Å². The number of nitrogens with one attached hydrogen (secondary N) is 2. The molecule has 0 heterocycles. The molecule has 0 aliphatic heterocycles. The molecule has 0 saturated carbocycles. The molecule has 0 aliphatic rings. The summed E-state index contributed by atoms with van der Waals surface area (Å²) < 4.78 is 0. The van der Waals surface area contributed by atoms with Crippen LogP contribution in [0.2, 0.25) is 0 Å². The van der Waals surface area contributed by atoms with Gasteiger partial charge in [-0.1, -0.05) is 27.7 Å². The highest BCUT2D eigenvalue weighted by molar-refractivity contribution is 5.85. The van der Waals surface area contributed by atoms with Crippen molar-refractivity contribution in [3.63, 3.8) is 0 Å². The van der Waals surface area contributed by atoms with Crippen LogP contribution >= 0.6 is 12.4 Å². The summed E-state index contributed by atoms with van der Waals surface area (Å²) in [5.41, 5.74) is 6.33. The predicted molar refractivity (Wildman–Crippen MR) is 52.9 cm³/mol. The van der Waals surface area contributed by atoms with E-state index in [2.05, 4.69) is 38.5 Å². The smallest absolute Gasteiger partial charge is 0.0123 e. The van der Waals surface area contributed by atoms with E-state index < -0.39 is 0 Å². The Morgan fingerprint density at radius 1 is 0.818 bits per heavy atom. The lowest BCUT2D eigenvalue weighted by molar-refractivity contribution is 0.434. The molecule has 0 unspecified atom stereocenters. The van der Waals surface area contributed by atoms with Gasteiger partial charge in [-0.05, 0) is 11.8 Å². The van der Waals surface area contributed by atoms with Crippen molar-refractivity contribution in [3.05, 3.63) is 0 Å². The van der Waals surface area contributed by atoms with E-state index in [0.29, 0.717) is 0 Å². The number of hydrogen-bond acceptors (Lipinski definition) is 2. The minimum Gasteiger partial charge on any atom is -0.258 e. The number of halogens is 1. The Kier molecular flexibility index (Phi) is 10.4. The van der Waals surface area contributed by atoms with E-state index in [1.165, 1.54) is 0 Å². The monoisotopic (exact) mass is 180 g/mol. The molecule has 0 aliphatic carbocycles. The topological polar surface area (TPSA) is 24.1 Å². The maximum atomic E-state index is 3.17. The van der Waals surface area contributed by atoms with Gasteiger partial charge < -0.3 is 0 Å². The standard InChI is InChI=1S/C8H20N2.ClH/c1-7(2)5-9-10-6-8(3)4;/h7-10H,5-6H2,1-4H3;1H. The molecule has 0 spiro atoms. The first-order chi connectivity index (χ1) is 4.63. The van der Waals surface area contributed by atoms with Crippen LogP contribution in [0.15, 0.2) is 0 Å². The van der Waals surface area contributed by atoms with Crippen LogP contribution in [0, 0.1) is 11.8 Å². The first-order valence-corrected chi connectivity index (χ1v) is 4.08. The largest absolute Gasteiger partial charge is 0.258 e. The van der Waals surface area contributed by atoms with E-state index >= 15 is 0 Å². The average molecular weight is 181 g/mol. The molecule has 0 amide bonds. The van der Waals surface area contributed by atoms with Gasteiger partial charge in [0.05, 0.1) is 0 Å². The summed E-state index contributed by atoms with van der Waals surface area (Å²) >= 11 is 0. The second kappa shape index (κ2) is 8.31. The van der Waals surface area contributed by atoms with Crippen LogP contribution in [0.4, 0.5) is 0 Å². The van der Waals surface area contributed by atoms with Crippen molar-refractivity contribution in [1.82, 2.24) is 10.9 Å². The van der Waals surface area contributed by atoms with Gasteiger partial charge in [-0.15, -0.1) is 12.4 Å². The van der Waals surface area contributed by atoms with E-state index in [1.807, 2.05) is 0 Å². The minimum atomic E-state index is 0. The first-order valence-electron chi connectivity index (χ1n) is 4.08. The fraction of sp³-hybridized carbons (Fsp3) is 1.00. The van der Waals surface area contributed by atoms with Gasteiger partial charge in [0, 0.05) is 13.1 Å². The van der Waals surface area contributed by atoms with Gasteiger partial charge in [-0.2, -0.15) is 0 Å². The molecule has 0 aromatic carbocycles. The van der Waals surface area contributed by atoms with Crippen molar-refractivity contribution < 1.29 is 0 Å². The van der Waals surface area contributed by atoms with Gasteiger partial charge in [0.15, 0.2) is 0 Å². The van der Waals surface area contributed by atoms with E-state index in [1.54, 1.807) is 0 Å². The SMILES string of the molecule is CC(C)CNNCC(C)C.Cl. The van der Waals surface area contributed by atoms with E-state index in [9.17, 15) is 0 Å². The molecule has 70 valence electrons. The van der Waals surface area contributed by atoms with Crippen molar-refractivity contribution in [2.24, 2.45) is 11.8 Å². The van der Waals surface area contributed by atoms with Crippen molar-refractivity contribution in [2.45, 2.75) is 27.7 Å². The van der Waals surface area contributed by atoms with Crippen molar-refractivity contribution >= 4 is 12.4 Å². The third-order valence-electron chi connectivity index (χ3n) is 1.15. The third kappa shape index (κ3) is 13.2. The lowest BCUT2D eigenvalue weighted by Gasteiger charge is -2.10. The van der Waals surface area contributed by atoms with Crippen LogP contribution in [-0.4, -0.2) is 13.1 Å². The number of rotatable bonds is 5. The zero-order valence-electron chi connectivity index (χ0n) is 7.98. The Bertz CT molecular complexity index is 64.5. The number of hydrazine groups is 1. The van der Waals surface area contributed by atoms with Crippen LogP contribution in [0.5, 0.6) is 0 Å². The summed E-state index contributed by atoms with van der Waals surface area (Å²) in [6, 6.07) is 0. The Hall–Kier alpha value is 0.210. The Balaban J connectivity index is 0. The Morgan fingerprint density at radius 2 is 1.09 bits per heavy atom. The molecule has 0 atom stereocenters. The summed E-state index contributed by atoms with van der Waals surface area (Å²) in [5.74, 6) is 1.44. The summed E-state index contributed by atoms with van der Waals surface area (Å²) in [4.78, 5) is 0. The highest BCUT2D eigenvalue weighted by atomic mass is 35.5.